The van der Waals surface area contributed by atoms with Crippen LogP contribution in [0.5, 0.6) is 5.75 Å². The molecule has 1 aromatic rings. The molecule has 0 amide bonds. The molecule has 0 aromatic heterocycles. The molecule has 1 aliphatic rings. The van der Waals surface area contributed by atoms with Crippen LogP contribution in [-0.2, 0) is 11.2 Å². The van der Waals surface area contributed by atoms with Crippen molar-refractivity contribution in [2.75, 3.05) is 6.61 Å². The molecule has 1 aromatic carbocycles. The largest absolute Gasteiger partial charge is 0.462 e. The fourth-order valence-electron chi connectivity index (χ4n) is 2.34. The summed E-state index contributed by atoms with van der Waals surface area (Å²) in [5.41, 5.74) is 0.927. The summed E-state index contributed by atoms with van der Waals surface area (Å²) in [5, 5.41) is 47.7. The number of hydrogen-bond donors (Lipinski definition) is 5. The predicted molar refractivity (Wildman–Crippen MR) is 76.2 cm³/mol. The van der Waals surface area contributed by atoms with Crippen LogP contribution in [0.25, 0.3) is 0 Å². The van der Waals surface area contributed by atoms with Gasteiger partial charge in [-0.15, -0.1) is 0 Å². The van der Waals surface area contributed by atoms with Crippen molar-refractivity contribution in [1.29, 1.82) is 0 Å². The summed E-state index contributed by atoms with van der Waals surface area (Å²) in [6.45, 7) is 1.19. The lowest BCUT2D eigenvalue weighted by molar-refractivity contribution is -0.277. The maximum Gasteiger partial charge on any atom is 0.229 e. The van der Waals surface area contributed by atoms with E-state index < -0.39 is 43.4 Å². The van der Waals surface area contributed by atoms with Crippen LogP contribution in [0.3, 0.4) is 0 Å². The third-order valence-corrected chi connectivity index (χ3v) is 3.56. The smallest absolute Gasteiger partial charge is 0.229 e. The minimum Gasteiger partial charge on any atom is -0.462 e. The lowest BCUT2D eigenvalue weighted by Crippen LogP contribution is -2.60. The van der Waals surface area contributed by atoms with Crippen molar-refractivity contribution < 1.29 is 35.0 Å². The van der Waals surface area contributed by atoms with Crippen LogP contribution in [0.4, 0.5) is 0 Å². The van der Waals surface area contributed by atoms with Crippen LogP contribution in [0, 0.1) is 0 Å². The number of aliphatic hydroxyl groups excluding tert-OH is 5. The van der Waals surface area contributed by atoms with E-state index in [4.69, 9.17) is 14.6 Å². The Hall–Kier alpha value is -1.22. The topological polar surface area (TPSA) is 120 Å². The van der Waals surface area contributed by atoms with Crippen molar-refractivity contribution >= 4 is 0 Å². The number of hydrogen-bond acceptors (Lipinski definition) is 7. The maximum atomic E-state index is 9.88. The molecule has 1 heterocycles. The van der Waals surface area contributed by atoms with Gasteiger partial charge in [0.1, 0.15) is 30.2 Å². The average Bonchev–Trinajstić information content (AvgIpc) is 2.49. The van der Waals surface area contributed by atoms with E-state index in [1.54, 1.807) is 31.2 Å². The van der Waals surface area contributed by atoms with Gasteiger partial charge in [-0.2, -0.15) is 0 Å². The second-order valence-corrected chi connectivity index (χ2v) is 5.51. The molecule has 0 spiro atoms. The van der Waals surface area contributed by atoms with E-state index in [0.29, 0.717) is 12.2 Å². The van der Waals surface area contributed by atoms with Crippen molar-refractivity contribution in [3.63, 3.8) is 0 Å². The van der Waals surface area contributed by atoms with Gasteiger partial charge in [0.25, 0.3) is 0 Å². The molecule has 2 rings (SSSR count). The fourth-order valence-corrected chi connectivity index (χ4v) is 2.34. The van der Waals surface area contributed by atoms with Gasteiger partial charge in [-0.3, -0.25) is 0 Å². The Morgan fingerprint density at radius 1 is 1.09 bits per heavy atom. The Kier molecular flexibility index (Phi) is 5.74. The quantitative estimate of drug-likeness (QED) is 0.462. The minimum atomic E-state index is -1.47. The van der Waals surface area contributed by atoms with Gasteiger partial charge in [0.05, 0.1) is 12.7 Å². The van der Waals surface area contributed by atoms with Gasteiger partial charge in [0.15, 0.2) is 0 Å². The third kappa shape index (κ3) is 3.95. The van der Waals surface area contributed by atoms with E-state index in [1.165, 1.54) is 0 Å². The molecule has 1 aliphatic heterocycles. The fraction of sp³-hybridized carbons (Fsp3) is 0.600. The highest BCUT2D eigenvalue weighted by molar-refractivity contribution is 5.27. The Balaban J connectivity index is 2.02. The van der Waals surface area contributed by atoms with Gasteiger partial charge in [-0.05, 0) is 31.0 Å². The Morgan fingerprint density at radius 2 is 1.73 bits per heavy atom. The Morgan fingerprint density at radius 3 is 2.27 bits per heavy atom. The highest BCUT2D eigenvalue weighted by Gasteiger charge is 2.44. The van der Waals surface area contributed by atoms with Crippen LogP contribution in [-0.4, -0.2) is 68.9 Å². The summed E-state index contributed by atoms with van der Waals surface area (Å²) < 4.78 is 10.7. The van der Waals surface area contributed by atoms with Crippen molar-refractivity contribution in [2.45, 2.75) is 50.2 Å². The van der Waals surface area contributed by atoms with Crippen LogP contribution >= 0.6 is 0 Å². The first-order chi connectivity index (χ1) is 10.4. The number of aliphatic hydroxyl groups is 5. The molecule has 7 heteroatoms. The second-order valence-electron chi connectivity index (χ2n) is 5.51. The number of ether oxygens (including phenoxy) is 2. The summed E-state index contributed by atoms with van der Waals surface area (Å²) in [5.74, 6) is 0.402. The Labute approximate surface area is 128 Å². The second kappa shape index (κ2) is 7.36. The zero-order valence-corrected chi connectivity index (χ0v) is 12.2. The van der Waals surface area contributed by atoms with E-state index in [9.17, 15) is 20.4 Å². The van der Waals surface area contributed by atoms with E-state index in [0.717, 1.165) is 5.56 Å². The number of benzene rings is 1. The molecule has 1 saturated heterocycles. The molecule has 1 fully saturated rings. The van der Waals surface area contributed by atoms with Crippen molar-refractivity contribution in [2.24, 2.45) is 0 Å². The number of rotatable bonds is 5. The summed E-state index contributed by atoms with van der Waals surface area (Å²) in [6.07, 6.45) is -6.44. The van der Waals surface area contributed by atoms with Gasteiger partial charge in [-0.1, -0.05) is 12.1 Å². The zero-order chi connectivity index (χ0) is 16.3. The first kappa shape index (κ1) is 17.1. The molecule has 124 valence electrons. The monoisotopic (exact) mass is 314 g/mol. The lowest BCUT2D eigenvalue weighted by atomic mass is 9.99. The third-order valence-electron chi connectivity index (χ3n) is 3.56. The average molecular weight is 314 g/mol. The summed E-state index contributed by atoms with van der Waals surface area (Å²) in [6, 6.07) is 6.84. The van der Waals surface area contributed by atoms with E-state index in [2.05, 4.69) is 0 Å². The van der Waals surface area contributed by atoms with Crippen LogP contribution < -0.4 is 4.74 Å². The molecule has 7 nitrogen and oxygen atoms in total. The summed E-state index contributed by atoms with van der Waals surface area (Å²) in [4.78, 5) is 0. The van der Waals surface area contributed by atoms with Gasteiger partial charge >= 0.3 is 0 Å². The summed E-state index contributed by atoms with van der Waals surface area (Å²) in [7, 11) is 0. The zero-order valence-electron chi connectivity index (χ0n) is 12.2. The molecule has 0 saturated carbocycles. The van der Waals surface area contributed by atoms with Crippen molar-refractivity contribution in [1.82, 2.24) is 0 Å². The lowest BCUT2D eigenvalue weighted by Gasteiger charge is -2.39. The highest BCUT2D eigenvalue weighted by Crippen LogP contribution is 2.24. The van der Waals surface area contributed by atoms with Crippen LogP contribution in [0.2, 0.25) is 0 Å². The highest BCUT2D eigenvalue weighted by atomic mass is 16.7. The SMILES string of the molecule is CC(O)Cc1ccc(O[C@@H]2O[C@H](CO)[C@@H](O)[C@H](O)[C@H]2O)cc1. The maximum absolute atomic E-state index is 9.88. The Bertz CT molecular complexity index is 459. The molecule has 0 aliphatic carbocycles. The molecular weight excluding hydrogens is 292 g/mol. The van der Waals surface area contributed by atoms with Gasteiger partial charge in [-0.25, -0.2) is 0 Å². The summed E-state index contributed by atoms with van der Waals surface area (Å²) >= 11 is 0. The van der Waals surface area contributed by atoms with E-state index >= 15 is 0 Å². The molecule has 5 N–H and O–H groups in total. The first-order valence-corrected chi connectivity index (χ1v) is 7.16. The van der Waals surface area contributed by atoms with Gasteiger partial charge in [0.2, 0.25) is 6.29 Å². The standard InChI is InChI=1S/C15H22O7/c1-8(17)6-9-2-4-10(5-3-9)21-15-14(20)13(19)12(18)11(7-16)22-15/h2-5,8,11-20H,6-7H2,1H3/t8?,11-,12-,13+,14-,15-/m1/s1. The van der Waals surface area contributed by atoms with Crippen molar-refractivity contribution in [3.8, 4) is 5.75 Å². The molecule has 1 unspecified atom stereocenters. The van der Waals surface area contributed by atoms with Gasteiger partial charge < -0.3 is 35.0 Å². The van der Waals surface area contributed by atoms with E-state index in [1.807, 2.05) is 0 Å². The molecule has 6 atom stereocenters. The minimum absolute atomic E-state index is 0.402. The normalized spacial score (nSPS) is 33.5. The first-order valence-electron chi connectivity index (χ1n) is 7.16. The molecule has 22 heavy (non-hydrogen) atoms. The predicted octanol–water partition coefficient (Wildman–Crippen LogP) is -1.21. The van der Waals surface area contributed by atoms with E-state index in [-0.39, 0.29) is 0 Å². The van der Waals surface area contributed by atoms with Crippen LogP contribution in [0.15, 0.2) is 24.3 Å². The molecule has 0 radical (unpaired) electrons. The molecular formula is C15H22O7. The molecule has 0 bridgehead atoms. The van der Waals surface area contributed by atoms with Crippen molar-refractivity contribution in [3.05, 3.63) is 29.8 Å². The van der Waals surface area contributed by atoms with Gasteiger partial charge in [0, 0.05) is 0 Å². The van der Waals surface area contributed by atoms with Crippen LogP contribution in [0.1, 0.15) is 12.5 Å².